The number of methoxy groups -OCH3 is 1. The zero-order valence-electron chi connectivity index (χ0n) is 14.9. The Kier molecular flexibility index (Phi) is 6.62. The molecule has 0 atom stereocenters. The zero-order valence-corrected chi connectivity index (χ0v) is 16.4. The molecule has 1 aliphatic rings. The summed E-state index contributed by atoms with van der Waals surface area (Å²) in [6.07, 6.45) is 1.34. The van der Waals surface area contributed by atoms with Gasteiger partial charge in [0, 0.05) is 54.8 Å². The van der Waals surface area contributed by atoms with Gasteiger partial charge in [0.25, 0.3) is 0 Å². The summed E-state index contributed by atoms with van der Waals surface area (Å²) in [7, 11) is 1.64. The molecule has 1 aliphatic heterocycles. The molecule has 0 radical (unpaired) electrons. The van der Waals surface area contributed by atoms with E-state index in [1.165, 1.54) is 12.1 Å². The molecule has 3 nitrogen and oxygen atoms in total. The van der Waals surface area contributed by atoms with Crippen LogP contribution in [0.3, 0.4) is 0 Å². The molecule has 3 rings (SSSR count). The molecular formula is C21H19Cl2FO3. The highest BCUT2D eigenvalue weighted by Crippen LogP contribution is 2.37. The first-order valence-electron chi connectivity index (χ1n) is 8.52. The van der Waals surface area contributed by atoms with Gasteiger partial charge in [-0.3, -0.25) is 0 Å². The predicted molar refractivity (Wildman–Crippen MR) is 104 cm³/mol. The normalized spacial score (nSPS) is 15.7. The van der Waals surface area contributed by atoms with Crippen LogP contribution >= 0.6 is 23.2 Å². The van der Waals surface area contributed by atoms with E-state index in [9.17, 15) is 4.39 Å². The van der Waals surface area contributed by atoms with Crippen LogP contribution in [0.1, 0.15) is 24.0 Å². The number of ether oxygens (including phenoxy) is 3. The number of benzene rings is 2. The van der Waals surface area contributed by atoms with Crippen molar-refractivity contribution in [2.45, 2.75) is 18.4 Å². The first kappa shape index (κ1) is 20.0. The molecule has 0 N–H and O–H groups in total. The molecule has 6 heteroatoms. The van der Waals surface area contributed by atoms with Crippen LogP contribution in [0, 0.1) is 17.7 Å². The highest BCUT2D eigenvalue weighted by molar-refractivity contribution is 6.34. The van der Waals surface area contributed by atoms with Gasteiger partial charge in [-0.2, -0.15) is 0 Å². The molecule has 0 spiro atoms. The standard InChI is InChI=1S/C21H19Cl2FO3/c1-25-21(4-7-26-8-5-21)16-11-19(24)14-20(12-16)27-6-2-3-15-9-17(22)13-18(23)10-15/h9-14H,4-8H2,1H3. The summed E-state index contributed by atoms with van der Waals surface area (Å²) in [6, 6.07) is 9.70. The molecule has 1 heterocycles. The van der Waals surface area contributed by atoms with Crippen molar-refractivity contribution < 1.29 is 18.6 Å². The zero-order chi connectivity index (χ0) is 19.3. The van der Waals surface area contributed by atoms with Crippen molar-refractivity contribution in [2.24, 2.45) is 0 Å². The lowest BCUT2D eigenvalue weighted by atomic mass is 9.86. The fourth-order valence-corrected chi connectivity index (χ4v) is 3.63. The van der Waals surface area contributed by atoms with E-state index in [0.29, 0.717) is 47.4 Å². The highest BCUT2D eigenvalue weighted by Gasteiger charge is 2.35. The quantitative estimate of drug-likeness (QED) is 0.649. The number of hydrogen-bond acceptors (Lipinski definition) is 3. The molecule has 0 aromatic heterocycles. The van der Waals surface area contributed by atoms with Gasteiger partial charge in [0.2, 0.25) is 0 Å². The van der Waals surface area contributed by atoms with Gasteiger partial charge in [-0.05, 0) is 35.9 Å². The fraction of sp³-hybridized carbons (Fsp3) is 0.333. The van der Waals surface area contributed by atoms with Crippen molar-refractivity contribution in [3.63, 3.8) is 0 Å². The Hall–Kier alpha value is -1.77. The number of hydrogen-bond donors (Lipinski definition) is 0. The lowest BCUT2D eigenvalue weighted by Gasteiger charge is -2.36. The van der Waals surface area contributed by atoms with E-state index in [-0.39, 0.29) is 12.4 Å². The predicted octanol–water partition coefficient (Wildman–Crippen LogP) is 5.22. The van der Waals surface area contributed by atoms with Gasteiger partial charge < -0.3 is 14.2 Å². The van der Waals surface area contributed by atoms with Gasteiger partial charge in [0.05, 0.1) is 5.60 Å². The molecule has 2 aromatic rings. The largest absolute Gasteiger partial charge is 0.481 e. The van der Waals surface area contributed by atoms with E-state index in [1.54, 1.807) is 31.4 Å². The van der Waals surface area contributed by atoms with Crippen molar-refractivity contribution in [1.29, 1.82) is 0 Å². The minimum absolute atomic E-state index is 0.107. The molecule has 1 saturated heterocycles. The summed E-state index contributed by atoms with van der Waals surface area (Å²) in [5.74, 6) is 5.85. The summed E-state index contributed by atoms with van der Waals surface area (Å²) in [6.45, 7) is 1.26. The van der Waals surface area contributed by atoms with Gasteiger partial charge >= 0.3 is 0 Å². The Morgan fingerprint density at radius 1 is 1.07 bits per heavy atom. The van der Waals surface area contributed by atoms with Crippen molar-refractivity contribution in [3.8, 4) is 17.6 Å². The number of rotatable bonds is 4. The molecule has 2 aromatic carbocycles. The molecule has 27 heavy (non-hydrogen) atoms. The molecule has 1 fully saturated rings. The van der Waals surface area contributed by atoms with Crippen LogP contribution in [0.4, 0.5) is 4.39 Å². The lowest BCUT2D eigenvalue weighted by molar-refractivity contribution is -0.0950. The smallest absolute Gasteiger partial charge is 0.149 e. The lowest BCUT2D eigenvalue weighted by Crippen LogP contribution is -2.35. The van der Waals surface area contributed by atoms with Gasteiger partial charge in [0.15, 0.2) is 0 Å². The van der Waals surface area contributed by atoms with E-state index in [2.05, 4.69) is 11.8 Å². The molecule has 142 valence electrons. The van der Waals surface area contributed by atoms with E-state index in [1.807, 2.05) is 0 Å². The highest BCUT2D eigenvalue weighted by atomic mass is 35.5. The summed E-state index contributed by atoms with van der Waals surface area (Å²) >= 11 is 11.9. The third-order valence-corrected chi connectivity index (χ3v) is 4.93. The van der Waals surface area contributed by atoms with Crippen LogP contribution in [-0.2, 0) is 15.1 Å². The molecule has 0 saturated carbocycles. The molecule has 0 bridgehead atoms. The van der Waals surface area contributed by atoms with Crippen molar-refractivity contribution in [1.82, 2.24) is 0 Å². The van der Waals surface area contributed by atoms with Gasteiger partial charge in [-0.1, -0.05) is 35.0 Å². The second-order valence-electron chi connectivity index (χ2n) is 6.23. The van der Waals surface area contributed by atoms with Crippen molar-refractivity contribution >= 4 is 23.2 Å². The van der Waals surface area contributed by atoms with Gasteiger partial charge in [0.1, 0.15) is 18.2 Å². The first-order valence-corrected chi connectivity index (χ1v) is 9.28. The Labute approximate surface area is 168 Å². The average molecular weight is 409 g/mol. The minimum Gasteiger partial charge on any atom is -0.481 e. The molecule has 0 aliphatic carbocycles. The topological polar surface area (TPSA) is 27.7 Å². The monoisotopic (exact) mass is 408 g/mol. The van der Waals surface area contributed by atoms with E-state index in [4.69, 9.17) is 37.4 Å². The van der Waals surface area contributed by atoms with E-state index in [0.717, 1.165) is 5.56 Å². The van der Waals surface area contributed by atoms with Crippen LogP contribution in [0.15, 0.2) is 36.4 Å². The second-order valence-corrected chi connectivity index (χ2v) is 7.11. The molecule has 0 unspecified atom stereocenters. The molecule has 0 amide bonds. The van der Waals surface area contributed by atoms with Gasteiger partial charge in [-0.25, -0.2) is 4.39 Å². The maximum absolute atomic E-state index is 14.1. The maximum Gasteiger partial charge on any atom is 0.149 e. The van der Waals surface area contributed by atoms with Crippen molar-refractivity contribution in [2.75, 3.05) is 26.9 Å². The number of halogens is 3. The van der Waals surface area contributed by atoms with Crippen LogP contribution in [0.5, 0.6) is 5.75 Å². The second kappa shape index (κ2) is 8.95. The summed E-state index contributed by atoms with van der Waals surface area (Å²) in [5, 5.41) is 1.03. The minimum atomic E-state index is -0.554. The SMILES string of the molecule is COC1(c2cc(F)cc(OCC#Cc3cc(Cl)cc(Cl)c3)c2)CCOCC1. The Morgan fingerprint density at radius 3 is 2.44 bits per heavy atom. The first-order chi connectivity index (χ1) is 13.0. The summed E-state index contributed by atoms with van der Waals surface area (Å²) in [5.41, 5.74) is 0.885. The third-order valence-electron chi connectivity index (χ3n) is 4.49. The van der Waals surface area contributed by atoms with Gasteiger partial charge in [-0.15, -0.1) is 0 Å². The summed E-state index contributed by atoms with van der Waals surface area (Å²) in [4.78, 5) is 0. The van der Waals surface area contributed by atoms with Crippen LogP contribution in [0.25, 0.3) is 0 Å². The van der Waals surface area contributed by atoms with Crippen LogP contribution in [0.2, 0.25) is 10.0 Å². The Balaban J connectivity index is 1.73. The van der Waals surface area contributed by atoms with E-state index < -0.39 is 5.60 Å². The van der Waals surface area contributed by atoms with Crippen molar-refractivity contribution in [3.05, 3.63) is 63.4 Å². The molecular weight excluding hydrogens is 390 g/mol. The average Bonchev–Trinajstić information content (AvgIpc) is 2.64. The summed E-state index contributed by atoms with van der Waals surface area (Å²) < 4.78 is 30.9. The van der Waals surface area contributed by atoms with E-state index >= 15 is 0 Å². The van der Waals surface area contributed by atoms with Crippen LogP contribution < -0.4 is 4.74 Å². The Bertz CT molecular complexity index is 847. The Morgan fingerprint density at radius 2 is 1.78 bits per heavy atom. The maximum atomic E-state index is 14.1. The third kappa shape index (κ3) is 5.15. The van der Waals surface area contributed by atoms with Crippen LogP contribution in [-0.4, -0.2) is 26.9 Å². The fourth-order valence-electron chi connectivity index (χ4n) is 3.10.